The van der Waals surface area contributed by atoms with E-state index in [1.165, 1.54) is 0 Å². The maximum Gasteiger partial charge on any atom is 0.113 e. The SMILES string of the molecule is CN1CCC(ON2CCCC(OC3CC(O)CN3CCC(C)(O)C3CN(C)C3)C2)CC1. The quantitative estimate of drug-likeness (QED) is 0.568. The normalized spacial score (nSPS) is 35.3. The summed E-state index contributed by atoms with van der Waals surface area (Å²) in [6.45, 7) is 9.27. The van der Waals surface area contributed by atoms with Crippen molar-refractivity contribution >= 4 is 0 Å². The summed E-state index contributed by atoms with van der Waals surface area (Å²) in [4.78, 5) is 13.1. The Bertz CT molecular complexity index is 566. The van der Waals surface area contributed by atoms with Crippen molar-refractivity contribution in [3.05, 3.63) is 0 Å². The smallest absolute Gasteiger partial charge is 0.113 e. The summed E-state index contributed by atoms with van der Waals surface area (Å²) in [6, 6.07) is 0. The molecule has 4 atom stereocenters. The summed E-state index contributed by atoms with van der Waals surface area (Å²) in [5.74, 6) is 0.341. The molecule has 8 nitrogen and oxygen atoms in total. The number of rotatable bonds is 8. The molecule has 4 saturated heterocycles. The van der Waals surface area contributed by atoms with Gasteiger partial charge in [0.25, 0.3) is 0 Å². The van der Waals surface area contributed by atoms with Gasteiger partial charge in [0.05, 0.1) is 30.5 Å². The van der Waals surface area contributed by atoms with Crippen molar-refractivity contribution < 1.29 is 19.8 Å². The van der Waals surface area contributed by atoms with Crippen LogP contribution in [0.3, 0.4) is 0 Å². The van der Waals surface area contributed by atoms with Gasteiger partial charge in [-0.1, -0.05) is 0 Å². The number of nitrogens with zero attached hydrogens (tertiary/aromatic N) is 4. The Balaban J connectivity index is 1.24. The van der Waals surface area contributed by atoms with Gasteiger partial charge in [0, 0.05) is 58.2 Å². The summed E-state index contributed by atoms with van der Waals surface area (Å²) in [5.41, 5.74) is -0.659. The van der Waals surface area contributed by atoms with Gasteiger partial charge < -0.3 is 24.7 Å². The molecule has 2 N–H and O–H groups in total. The first kappa shape index (κ1) is 23.8. The van der Waals surface area contributed by atoms with Crippen molar-refractivity contribution in [3.8, 4) is 0 Å². The Kier molecular flexibility index (Phi) is 7.92. The lowest BCUT2D eigenvalue weighted by Crippen LogP contribution is -2.56. The zero-order chi connectivity index (χ0) is 22.0. The van der Waals surface area contributed by atoms with Crippen LogP contribution in [0.25, 0.3) is 0 Å². The fraction of sp³-hybridized carbons (Fsp3) is 1.00. The standard InChI is InChI=1S/C23H44N4O4/c1-23(29,18-14-25(3)15-18)8-12-26-16-19(28)13-22(26)30-21-5-4-9-27(17-21)31-20-6-10-24(2)11-7-20/h18-22,28-29H,4-17H2,1-3H3. The maximum absolute atomic E-state index is 10.9. The van der Waals surface area contributed by atoms with Crippen LogP contribution in [0.5, 0.6) is 0 Å². The van der Waals surface area contributed by atoms with E-state index in [0.717, 1.165) is 71.5 Å². The van der Waals surface area contributed by atoms with Crippen LogP contribution in [-0.2, 0) is 9.57 Å². The second-order valence-electron chi connectivity index (χ2n) is 10.8. The van der Waals surface area contributed by atoms with E-state index < -0.39 is 5.60 Å². The van der Waals surface area contributed by atoms with Crippen molar-refractivity contribution in [1.82, 2.24) is 19.8 Å². The Morgan fingerprint density at radius 3 is 2.39 bits per heavy atom. The molecule has 4 aliphatic rings. The van der Waals surface area contributed by atoms with E-state index in [2.05, 4.69) is 33.9 Å². The van der Waals surface area contributed by atoms with Crippen LogP contribution in [0.1, 0.15) is 45.4 Å². The second kappa shape index (κ2) is 10.3. The van der Waals surface area contributed by atoms with Crippen molar-refractivity contribution in [2.75, 3.05) is 66.5 Å². The van der Waals surface area contributed by atoms with Crippen LogP contribution in [0.4, 0.5) is 0 Å². The number of β-amino-alcohol motifs (C(OH)–C–C–N with tert-alkyl or cyclic N) is 1. The average molecular weight is 441 g/mol. The zero-order valence-corrected chi connectivity index (χ0v) is 19.8. The van der Waals surface area contributed by atoms with Gasteiger partial charge in [-0.05, 0) is 53.1 Å². The zero-order valence-electron chi connectivity index (χ0n) is 19.8. The summed E-state index contributed by atoms with van der Waals surface area (Å²) in [7, 11) is 4.27. The fourth-order valence-corrected chi connectivity index (χ4v) is 5.52. The highest BCUT2D eigenvalue weighted by atomic mass is 16.7. The van der Waals surface area contributed by atoms with Crippen LogP contribution in [0, 0.1) is 5.92 Å². The molecule has 0 aromatic carbocycles. The molecular formula is C23H44N4O4. The average Bonchev–Trinajstić information content (AvgIpc) is 3.05. The van der Waals surface area contributed by atoms with Gasteiger partial charge in [-0.3, -0.25) is 9.74 Å². The molecule has 0 aliphatic carbocycles. The number of ether oxygens (including phenoxy) is 1. The molecule has 0 amide bonds. The third kappa shape index (κ3) is 6.38. The molecule has 0 saturated carbocycles. The third-order valence-corrected chi connectivity index (χ3v) is 7.83. The van der Waals surface area contributed by atoms with Crippen molar-refractivity contribution in [1.29, 1.82) is 0 Å². The molecule has 8 heteroatoms. The van der Waals surface area contributed by atoms with Crippen LogP contribution < -0.4 is 0 Å². The molecule has 0 bridgehead atoms. The lowest BCUT2D eigenvalue weighted by molar-refractivity contribution is -0.239. The summed E-state index contributed by atoms with van der Waals surface area (Å²) < 4.78 is 6.50. The van der Waals surface area contributed by atoms with Crippen LogP contribution >= 0.6 is 0 Å². The summed E-state index contributed by atoms with van der Waals surface area (Å²) >= 11 is 0. The predicted molar refractivity (Wildman–Crippen MR) is 119 cm³/mol. The predicted octanol–water partition coefficient (Wildman–Crippen LogP) is 0.589. The second-order valence-corrected chi connectivity index (χ2v) is 10.8. The molecule has 180 valence electrons. The van der Waals surface area contributed by atoms with Crippen LogP contribution in [-0.4, -0.2) is 127 Å². The molecule has 0 aromatic rings. The highest BCUT2D eigenvalue weighted by molar-refractivity contribution is 4.93. The molecule has 0 spiro atoms. The van der Waals surface area contributed by atoms with Gasteiger partial charge in [0.15, 0.2) is 0 Å². The van der Waals surface area contributed by atoms with Crippen molar-refractivity contribution in [2.24, 2.45) is 5.92 Å². The van der Waals surface area contributed by atoms with Gasteiger partial charge >= 0.3 is 0 Å². The van der Waals surface area contributed by atoms with Crippen molar-refractivity contribution in [2.45, 2.75) is 75.6 Å². The summed E-state index contributed by atoms with van der Waals surface area (Å²) in [5, 5.41) is 23.3. The molecule has 0 radical (unpaired) electrons. The Hall–Kier alpha value is -0.320. The molecule has 4 heterocycles. The maximum atomic E-state index is 10.9. The first-order valence-electron chi connectivity index (χ1n) is 12.4. The number of hydrogen-bond acceptors (Lipinski definition) is 8. The first-order chi connectivity index (χ1) is 14.8. The number of aliphatic hydroxyl groups excluding tert-OH is 1. The summed E-state index contributed by atoms with van der Waals surface area (Å²) in [6.07, 6.45) is 5.73. The van der Waals surface area contributed by atoms with E-state index in [9.17, 15) is 10.2 Å². The number of hydroxylamine groups is 2. The third-order valence-electron chi connectivity index (χ3n) is 7.83. The van der Waals surface area contributed by atoms with Crippen LogP contribution in [0.2, 0.25) is 0 Å². The number of likely N-dealkylation sites (tertiary alicyclic amines) is 3. The molecular weight excluding hydrogens is 396 g/mol. The topological polar surface area (TPSA) is 71.9 Å². The highest BCUT2D eigenvalue weighted by Crippen LogP contribution is 2.31. The lowest BCUT2D eigenvalue weighted by Gasteiger charge is -2.45. The van der Waals surface area contributed by atoms with Gasteiger partial charge in [-0.15, -0.1) is 0 Å². The van der Waals surface area contributed by atoms with Gasteiger partial charge in [0.1, 0.15) is 6.23 Å². The van der Waals surface area contributed by atoms with Gasteiger partial charge in [-0.25, -0.2) is 0 Å². The number of aliphatic hydroxyl groups is 2. The monoisotopic (exact) mass is 440 g/mol. The van der Waals surface area contributed by atoms with E-state index >= 15 is 0 Å². The molecule has 4 fully saturated rings. The van der Waals surface area contributed by atoms with Gasteiger partial charge in [0.2, 0.25) is 0 Å². The van der Waals surface area contributed by atoms with Crippen molar-refractivity contribution in [3.63, 3.8) is 0 Å². The Morgan fingerprint density at radius 1 is 0.935 bits per heavy atom. The fourth-order valence-electron chi connectivity index (χ4n) is 5.52. The van der Waals surface area contributed by atoms with E-state index in [1.54, 1.807) is 0 Å². The van der Waals surface area contributed by atoms with E-state index in [0.29, 0.717) is 31.4 Å². The molecule has 4 rings (SSSR count). The minimum absolute atomic E-state index is 0.0665. The number of piperidine rings is 2. The molecule has 0 aromatic heterocycles. The van der Waals surface area contributed by atoms with Crippen LogP contribution in [0.15, 0.2) is 0 Å². The Labute approximate surface area is 188 Å². The van der Waals surface area contributed by atoms with E-state index in [1.807, 2.05) is 6.92 Å². The minimum Gasteiger partial charge on any atom is -0.392 e. The van der Waals surface area contributed by atoms with E-state index in [4.69, 9.17) is 9.57 Å². The molecule has 31 heavy (non-hydrogen) atoms. The van der Waals surface area contributed by atoms with Gasteiger partial charge in [-0.2, -0.15) is 5.06 Å². The molecule has 4 aliphatic heterocycles. The lowest BCUT2D eigenvalue weighted by atomic mass is 9.81. The minimum atomic E-state index is -0.659. The highest BCUT2D eigenvalue weighted by Gasteiger charge is 2.41. The molecule has 4 unspecified atom stereocenters. The number of hydrogen-bond donors (Lipinski definition) is 2. The Morgan fingerprint density at radius 2 is 1.68 bits per heavy atom. The van der Waals surface area contributed by atoms with E-state index in [-0.39, 0.29) is 18.4 Å². The largest absolute Gasteiger partial charge is 0.392 e. The first-order valence-corrected chi connectivity index (χ1v) is 12.4.